The number of likely N-dealkylation sites (tertiary alicyclic amines) is 1. The average Bonchev–Trinajstić information content (AvgIpc) is 2.46. The second-order valence-electron chi connectivity index (χ2n) is 6.38. The maximum absolute atomic E-state index is 12.5. The molecule has 0 radical (unpaired) electrons. The molecule has 2 aliphatic rings. The van der Waals surface area contributed by atoms with Gasteiger partial charge in [0.1, 0.15) is 0 Å². The first kappa shape index (κ1) is 15.3. The topological polar surface area (TPSA) is 43.9 Å². The lowest BCUT2D eigenvalue weighted by molar-refractivity contribution is -0.144. The molecule has 20 heavy (non-hydrogen) atoms. The molecule has 0 atom stereocenters. The van der Waals surface area contributed by atoms with Crippen LogP contribution in [0.3, 0.4) is 0 Å². The zero-order valence-electron chi connectivity index (χ0n) is 13.0. The Morgan fingerprint density at radius 3 is 1.90 bits per heavy atom. The highest BCUT2D eigenvalue weighted by molar-refractivity contribution is 5.80. The lowest BCUT2D eigenvalue weighted by Crippen LogP contribution is -2.53. The van der Waals surface area contributed by atoms with Crippen LogP contribution in [0.4, 0.5) is 0 Å². The number of hydrogen-bond acceptors (Lipinski definition) is 3. The standard InChI is InChI=1S/C15H27N3O2/c1-12(2)14(19)17-8-10-18(11-9-17)15(20)13-4-6-16(3)7-5-13/h12-13H,4-11H2,1-3H3. The number of hydrogen-bond donors (Lipinski definition) is 0. The van der Waals surface area contributed by atoms with Crippen molar-refractivity contribution in [2.45, 2.75) is 26.7 Å². The van der Waals surface area contributed by atoms with Crippen LogP contribution in [-0.2, 0) is 9.59 Å². The molecule has 0 spiro atoms. The summed E-state index contributed by atoms with van der Waals surface area (Å²) in [4.78, 5) is 30.5. The van der Waals surface area contributed by atoms with Gasteiger partial charge in [0.2, 0.25) is 11.8 Å². The van der Waals surface area contributed by atoms with Crippen LogP contribution in [-0.4, -0.2) is 72.8 Å². The third-order valence-electron chi connectivity index (χ3n) is 4.46. The van der Waals surface area contributed by atoms with E-state index in [2.05, 4.69) is 11.9 Å². The number of amides is 2. The predicted molar refractivity (Wildman–Crippen MR) is 78.2 cm³/mol. The van der Waals surface area contributed by atoms with E-state index in [9.17, 15) is 9.59 Å². The Bertz CT molecular complexity index is 354. The van der Waals surface area contributed by atoms with Crippen molar-refractivity contribution in [3.8, 4) is 0 Å². The van der Waals surface area contributed by atoms with Crippen LogP contribution in [0.5, 0.6) is 0 Å². The van der Waals surface area contributed by atoms with Gasteiger partial charge in [-0.25, -0.2) is 0 Å². The van der Waals surface area contributed by atoms with Crippen molar-refractivity contribution in [1.29, 1.82) is 0 Å². The van der Waals surface area contributed by atoms with Gasteiger partial charge in [0.25, 0.3) is 0 Å². The Hall–Kier alpha value is -1.10. The SMILES string of the molecule is CC(C)C(=O)N1CCN(C(=O)C2CCN(C)CC2)CC1. The van der Waals surface area contributed by atoms with Crippen molar-refractivity contribution in [3.63, 3.8) is 0 Å². The van der Waals surface area contributed by atoms with Crippen molar-refractivity contribution < 1.29 is 9.59 Å². The van der Waals surface area contributed by atoms with E-state index in [1.807, 2.05) is 23.6 Å². The Morgan fingerprint density at radius 1 is 0.900 bits per heavy atom. The van der Waals surface area contributed by atoms with Crippen molar-refractivity contribution >= 4 is 11.8 Å². The summed E-state index contributed by atoms with van der Waals surface area (Å²) in [7, 11) is 2.11. The fourth-order valence-electron chi connectivity index (χ4n) is 3.03. The number of carbonyl (C=O) groups is 2. The maximum Gasteiger partial charge on any atom is 0.225 e. The van der Waals surface area contributed by atoms with Gasteiger partial charge in [-0.05, 0) is 33.0 Å². The van der Waals surface area contributed by atoms with E-state index in [4.69, 9.17) is 0 Å². The van der Waals surface area contributed by atoms with Crippen LogP contribution in [0.2, 0.25) is 0 Å². The molecule has 5 heteroatoms. The highest BCUT2D eigenvalue weighted by Crippen LogP contribution is 2.19. The molecule has 0 unspecified atom stereocenters. The minimum Gasteiger partial charge on any atom is -0.339 e. The summed E-state index contributed by atoms with van der Waals surface area (Å²) in [6.07, 6.45) is 1.95. The van der Waals surface area contributed by atoms with Crippen LogP contribution in [0.25, 0.3) is 0 Å². The van der Waals surface area contributed by atoms with Crippen molar-refractivity contribution in [2.75, 3.05) is 46.3 Å². The molecule has 0 aromatic heterocycles. The van der Waals surface area contributed by atoms with Gasteiger partial charge in [-0.15, -0.1) is 0 Å². The van der Waals surface area contributed by atoms with Crippen LogP contribution < -0.4 is 0 Å². The van der Waals surface area contributed by atoms with Gasteiger partial charge in [-0.2, -0.15) is 0 Å². The monoisotopic (exact) mass is 281 g/mol. The Kier molecular flexibility index (Phi) is 5.02. The van der Waals surface area contributed by atoms with Crippen LogP contribution in [0.15, 0.2) is 0 Å². The van der Waals surface area contributed by atoms with Crippen molar-refractivity contribution in [1.82, 2.24) is 14.7 Å². The summed E-state index contributed by atoms with van der Waals surface area (Å²) in [6.45, 7) is 8.67. The molecule has 2 aliphatic heterocycles. The average molecular weight is 281 g/mol. The molecular weight excluding hydrogens is 254 g/mol. The minimum atomic E-state index is 0.0473. The fraction of sp³-hybridized carbons (Fsp3) is 0.867. The predicted octanol–water partition coefficient (Wildman–Crippen LogP) is 0.655. The molecule has 2 heterocycles. The largest absolute Gasteiger partial charge is 0.339 e. The number of piperidine rings is 1. The minimum absolute atomic E-state index is 0.0473. The van der Waals surface area contributed by atoms with Gasteiger partial charge in [-0.3, -0.25) is 9.59 Å². The first-order chi connectivity index (χ1) is 9.49. The smallest absolute Gasteiger partial charge is 0.225 e. The quantitative estimate of drug-likeness (QED) is 0.747. The van der Waals surface area contributed by atoms with Crippen LogP contribution in [0, 0.1) is 11.8 Å². The molecule has 2 amide bonds. The first-order valence-corrected chi connectivity index (χ1v) is 7.75. The number of nitrogens with zero attached hydrogens (tertiary/aromatic N) is 3. The molecule has 5 nitrogen and oxygen atoms in total. The molecule has 0 bridgehead atoms. The molecular formula is C15H27N3O2. The van der Waals surface area contributed by atoms with Gasteiger partial charge in [0.05, 0.1) is 0 Å². The molecule has 0 aliphatic carbocycles. The highest BCUT2D eigenvalue weighted by atomic mass is 16.2. The lowest BCUT2D eigenvalue weighted by atomic mass is 9.95. The Morgan fingerprint density at radius 2 is 1.40 bits per heavy atom. The van der Waals surface area contributed by atoms with Gasteiger partial charge in [-0.1, -0.05) is 13.8 Å². The van der Waals surface area contributed by atoms with Crippen molar-refractivity contribution in [3.05, 3.63) is 0 Å². The summed E-state index contributed by atoms with van der Waals surface area (Å²) in [6, 6.07) is 0. The molecule has 0 aromatic rings. The zero-order chi connectivity index (χ0) is 14.7. The third-order valence-corrected chi connectivity index (χ3v) is 4.46. The first-order valence-electron chi connectivity index (χ1n) is 7.75. The van der Waals surface area contributed by atoms with Crippen LogP contribution >= 0.6 is 0 Å². The molecule has 2 rings (SSSR count). The molecule has 0 saturated carbocycles. The van der Waals surface area contributed by atoms with E-state index in [0.29, 0.717) is 32.1 Å². The van der Waals surface area contributed by atoms with E-state index in [1.54, 1.807) is 0 Å². The van der Waals surface area contributed by atoms with E-state index >= 15 is 0 Å². The van der Waals surface area contributed by atoms with Crippen LogP contribution in [0.1, 0.15) is 26.7 Å². The molecule has 114 valence electrons. The second-order valence-corrected chi connectivity index (χ2v) is 6.38. The normalized spacial score (nSPS) is 22.4. The lowest BCUT2D eigenvalue weighted by Gasteiger charge is -2.38. The maximum atomic E-state index is 12.5. The number of carbonyl (C=O) groups excluding carboxylic acids is 2. The zero-order valence-corrected chi connectivity index (χ0v) is 13.0. The summed E-state index contributed by atoms with van der Waals surface area (Å²) in [5, 5.41) is 0. The number of rotatable bonds is 2. The van der Waals surface area contributed by atoms with E-state index < -0.39 is 0 Å². The van der Waals surface area contributed by atoms with Crippen molar-refractivity contribution in [2.24, 2.45) is 11.8 Å². The van der Waals surface area contributed by atoms with Gasteiger partial charge in [0, 0.05) is 38.0 Å². The third kappa shape index (κ3) is 3.51. The fourth-order valence-corrected chi connectivity index (χ4v) is 3.03. The van der Waals surface area contributed by atoms with E-state index in [-0.39, 0.29) is 17.7 Å². The molecule has 2 fully saturated rings. The molecule has 0 N–H and O–H groups in total. The molecule has 2 saturated heterocycles. The Balaban J connectivity index is 1.81. The second kappa shape index (κ2) is 6.57. The van der Waals surface area contributed by atoms with Gasteiger partial charge in [0.15, 0.2) is 0 Å². The summed E-state index contributed by atoms with van der Waals surface area (Å²) in [5.41, 5.74) is 0. The van der Waals surface area contributed by atoms with Gasteiger partial charge < -0.3 is 14.7 Å². The van der Waals surface area contributed by atoms with Gasteiger partial charge >= 0.3 is 0 Å². The summed E-state index contributed by atoms with van der Waals surface area (Å²) < 4.78 is 0. The van der Waals surface area contributed by atoms with E-state index in [1.165, 1.54) is 0 Å². The van der Waals surface area contributed by atoms with E-state index in [0.717, 1.165) is 25.9 Å². The Labute approximate surface area is 121 Å². The summed E-state index contributed by atoms with van der Waals surface area (Å²) >= 11 is 0. The molecule has 0 aromatic carbocycles. The number of piperazine rings is 1. The summed E-state index contributed by atoms with van der Waals surface area (Å²) in [5.74, 6) is 0.746. The highest BCUT2D eigenvalue weighted by Gasteiger charge is 2.30.